The molecule has 0 bridgehead atoms. The summed E-state index contributed by atoms with van der Waals surface area (Å²) in [6.07, 6.45) is 4.91. The molecule has 11 heavy (non-hydrogen) atoms. The Balaban J connectivity index is 2.39. The van der Waals surface area contributed by atoms with Gasteiger partial charge in [-0.15, -0.1) is 0 Å². The lowest BCUT2D eigenvalue weighted by molar-refractivity contribution is -0.123. The molecule has 2 unspecified atom stereocenters. The van der Waals surface area contributed by atoms with Gasteiger partial charge in [0.15, 0.2) is 0 Å². The van der Waals surface area contributed by atoms with Crippen molar-refractivity contribution in [1.29, 1.82) is 0 Å². The van der Waals surface area contributed by atoms with Crippen LogP contribution in [0.5, 0.6) is 0 Å². The highest BCUT2D eigenvalue weighted by molar-refractivity contribution is 5.80. The fourth-order valence-electron chi connectivity index (χ4n) is 1.81. The topological polar surface area (TPSA) is 43.1 Å². The molecule has 2 nitrogen and oxygen atoms in total. The summed E-state index contributed by atoms with van der Waals surface area (Å²) in [5.74, 6) is 0.684. The zero-order valence-corrected chi connectivity index (χ0v) is 7.18. The van der Waals surface area contributed by atoms with E-state index in [1.165, 1.54) is 0 Å². The number of ketones is 1. The third-order valence-corrected chi connectivity index (χ3v) is 2.52. The fraction of sp³-hybridized carbons (Fsp3) is 0.889. The highest BCUT2D eigenvalue weighted by Gasteiger charge is 2.23. The van der Waals surface area contributed by atoms with Gasteiger partial charge in [0.1, 0.15) is 5.78 Å². The summed E-state index contributed by atoms with van der Waals surface area (Å²) in [6.45, 7) is 1.93. The minimum absolute atomic E-state index is 0.281. The second kappa shape index (κ2) is 3.86. The first-order valence-electron chi connectivity index (χ1n) is 4.52. The van der Waals surface area contributed by atoms with Crippen LogP contribution in [0.25, 0.3) is 0 Å². The molecule has 0 aromatic heterocycles. The van der Waals surface area contributed by atoms with Gasteiger partial charge in [-0.05, 0) is 19.3 Å². The van der Waals surface area contributed by atoms with Crippen LogP contribution in [-0.4, -0.2) is 11.8 Å². The Morgan fingerprint density at radius 2 is 2.27 bits per heavy atom. The lowest BCUT2D eigenvalue weighted by atomic mass is 9.83. The van der Waals surface area contributed by atoms with Gasteiger partial charge in [0, 0.05) is 18.4 Å². The highest BCUT2D eigenvalue weighted by atomic mass is 16.1. The molecular weight excluding hydrogens is 138 g/mol. The van der Waals surface area contributed by atoms with Crippen LogP contribution in [0.2, 0.25) is 0 Å². The molecule has 2 atom stereocenters. The van der Waals surface area contributed by atoms with Crippen molar-refractivity contribution in [2.75, 3.05) is 0 Å². The lowest BCUT2D eigenvalue weighted by Crippen LogP contribution is -2.31. The average molecular weight is 155 g/mol. The number of carbonyl (C=O) groups is 1. The molecular formula is C9H17NO. The zero-order chi connectivity index (χ0) is 8.27. The molecule has 0 spiro atoms. The van der Waals surface area contributed by atoms with E-state index in [1.807, 2.05) is 6.92 Å². The largest absolute Gasteiger partial charge is 0.328 e. The van der Waals surface area contributed by atoms with Crippen LogP contribution < -0.4 is 5.73 Å². The molecule has 2 N–H and O–H groups in total. The number of nitrogens with two attached hydrogens (primary N) is 1. The Bertz CT molecular complexity index is 144. The average Bonchev–Trinajstić information content (AvgIpc) is 2.03. The zero-order valence-electron chi connectivity index (χ0n) is 7.18. The monoisotopic (exact) mass is 155 g/mol. The number of carbonyl (C=O) groups excluding carboxylic acids is 1. The van der Waals surface area contributed by atoms with E-state index in [4.69, 9.17) is 5.73 Å². The summed E-state index contributed by atoms with van der Waals surface area (Å²) in [4.78, 5) is 11.3. The molecule has 0 aliphatic heterocycles. The van der Waals surface area contributed by atoms with Crippen molar-refractivity contribution in [2.24, 2.45) is 11.7 Å². The van der Waals surface area contributed by atoms with E-state index in [9.17, 15) is 4.79 Å². The minimum atomic E-state index is 0.281. The summed E-state index contributed by atoms with van der Waals surface area (Å²) in [6, 6.07) is 0.282. The summed E-state index contributed by atoms with van der Waals surface area (Å²) in [5.41, 5.74) is 5.77. The van der Waals surface area contributed by atoms with Gasteiger partial charge in [0.25, 0.3) is 0 Å². The normalized spacial score (nSPS) is 31.8. The maximum Gasteiger partial charge on any atom is 0.135 e. The maximum absolute atomic E-state index is 11.3. The van der Waals surface area contributed by atoms with Crippen molar-refractivity contribution < 1.29 is 4.79 Å². The Hall–Kier alpha value is -0.370. The van der Waals surface area contributed by atoms with E-state index in [2.05, 4.69) is 0 Å². The predicted molar refractivity (Wildman–Crippen MR) is 45.2 cm³/mol. The summed E-state index contributed by atoms with van der Waals surface area (Å²) in [7, 11) is 0. The van der Waals surface area contributed by atoms with Crippen molar-refractivity contribution in [3.63, 3.8) is 0 Å². The van der Waals surface area contributed by atoms with Crippen LogP contribution in [0.3, 0.4) is 0 Å². The Morgan fingerprint density at radius 3 is 2.82 bits per heavy atom. The van der Waals surface area contributed by atoms with E-state index in [1.54, 1.807) is 0 Å². The van der Waals surface area contributed by atoms with Crippen molar-refractivity contribution in [3.05, 3.63) is 0 Å². The van der Waals surface area contributed by atoms with E-state index in [0.29, 0.717) is 12.2 Å². The van der Waals surface area contributed by atoms with E-state index < -0.39 is 0 Å². The molecule has 0 radical (unpaired) electrons. The highest BCUT2D eigenvalue weighted by Crippen LogP contribution is 2.24. The number of Topliss-reactive ketones (excluding diaryl/α,β-unsaturated/α-hetero) is 1. The van der Waals surface area contributed by atoms with Crippen LogP contribution >= 0.6 is 0 Å². The van der Waals surface area contributed by atoms with E-state index >= 15 is 0 Å². The second-order valence-electron chi connectivity index (χ2n) is 3.44. The first-order valence-corrected chi connectivity index (χ1v) is 4.52. The first kappa shape index (κ1) is 8.72. The molecule has 0 saturated heterocycles. The van der Waals surface area contributed by atoms with Crippen LogP contribution in [0, 0.1) is 5.92 Å². The molecule has 1 aliphatic carbocycles. The van der Waals surface area contributed by atoms with Gasteiger partial charge < -0.3 is 5.73 Å². The fourth-order valence-corrected chi connectivity index (χ4v) is 1.81. The first-order chi connectivity index (χ1) is 5.24. The van der Waals surface area contributed by atoms with Crippen molar-refractivity contribution in [1.82, 2.24) is 0 Å². The van der Waals surface area contributed by atoms with E-state index in [-0.39, 0.29) is 12.0 Å². The molecule has 1 aliphatic rings. The van der Waals surface area contributed by atoms with Gasteiger partial charge >= 0.3 is 0 Å². The van der Waals surface area contributed by atoms with Crippen molar-refractivity contribution >= 4 is 5.78 Å². The molecule has 1 rings (SSSR count). The number of hydrogen-bond acceptors (Lipinski definition) is 2. The lowest BCUT2D eigenvalue weighted by Gasteiger charge is -2.24. The number of rotatable bonds is 2. The number of hydrogen-bond donors (Lipinski definition) is 1. The van der Waals surface area contributed by atoms with Gasteiger partial charge in [-0.3, -0.25) is 4.79 Å². The standard InChI is InChI=1S/C9H17NO/c1-2-9(11)7-4-3-5-8(10)6-7/h7-8H,2-6,10H2,1H3. The SMILES string of the molecule is CCC(=O)C1CCCC(N)C1. The summed E-state index contributed by atoms with van der Waals surface area (Å²) in [5, 5.41) is 0. The summed E-state index contributed by atoms with van der Waals surface area (Å²) < 4.78 is 0. The van der Waals surface area contributed by atoms with Crippen molar-refractivity contribution in [3.8, 4) is 0 Å². The summed E-state index contributed by atoms with van der Waals surface area (Å²) >= 11 is 0. The smallest absolute Gasteiger partial charge is 0.135 e. The van der Waals surface area contributed by atoms with Crippen LogP contribution in [-0.2, 0) is 4.79 Å². The molecule has 1 saturated carbocycles. The molecule has 64 valence electrons. The molecule has 1 fully saturated rings. The molecule has 0 aromatic carbocycles. The Morgan fingerprint density at radius 1 is 1.55 bits per heavy atom. The van der Waals surface area contributed by atoms with Crippen LogP contribution in [0.1, 0.15) is 39.0 Å². The Labute approximate surface area is 68.2 Å². The van der Waals surface area contributed by atoms with Crippen LogP contribution in [0.15, 0.2) is 0 Å². The molecule has 0 aromatic rings. The molecule has 0 amide bonds. The van der Waals surface area contributed by atoms with Gasteiger partial charge in [0.2, 0.25) is 0 Å². The minimum Gasteiger partial charge on any atom is -0.328 e. The third kappa shape index (κ3) is 2.29. The quantitative estimate of drug-likeness (QED) is 0.656. The predicted octanol–water partition coefficient (Wildman–Crippen LogP) is 1.48. The third-order valence-electron chi connectivity index (χ3n) is 2.52. The van der Waals surface area contributed by atoms with Crippen LogP contribution in [0.4, 0.5) is 0 Å². The van der Waals surface area contributed by atoms with Gasteiger partial charge in [-0.25, -0.2) is 0 Å². The van der Waals surface area contributed by atoms with Gasteiger partial charge in [0.05, 0.1) is 0 Å². The molecule has 0 heterocycles. The van der Waals surface area contributed by atoms with Crippen molar-refractivity contribution in [2.45, 2.75) is 45.1 Å². The van der Waals surface area contributed by atoms with Gasteiger partial charge in [-0.1, -0.05) is 13.3 Å². The van der Waals surface area contributed by atoms with E-state index in [0.717, 1.165) is 25.7 Å². The maximum atomic E-state index is 11.3. The Kier molecular flexibility index (Phi) is 3.06. The second-order valence-corrected chi connectivity index (χ2v) is 3.44. The van der Waals surface area contributed by atoms with Gasteiger partial charge in [-0.2, -0.15) is 0 Å². The molecule has 2 heteroatoms.